The standard InChI is InChI=1S/C49H67N9O8/c1-30-28-34(16-18-36(30)32-20-24-57(25-21-32)40(50-42(59)63-46(3,4)5)51-43(60)64-47(6,7)8)38-54-55-39(56(38)15)35-17-19-37(31(2)29-35)33-22-26-58(27-23-33)41(52-44(61)65-48(9,10)11)53-45(62)66-49(12,13)14/h16-20,22,28-29H,21,23-27H2,1-15H3,(H,50,51,59,60)(H,52,53,61,62). The summed E-state index contributed by atoms with van der Waals surface area (Å²) in [5.41, 5.74) is 5.42. The second-order valence-corrected chi connectivity index (χ2v) is 20.4. The number of amides is 4. The minimum Gasteiger partial charge on any atom is -0.444 e. The summed E-state index contributed by atoms with van der Waals surface area (Å²) in [5, 5.41) is 14.5. The number of nitrogens with one attached hydrogen (secondary N) is 2. The summed E-state index contributed by atoms with van der Waals surface area (Å²) in [4.78, 5) is 62.7. The molecule has 0 atom stereocenters. The van der Waals surface area contributed by atoms with Gasteiger partial charge in [0.25, 0.3) is 0 Å². The van der Waals surface area contributed by atoms with Crippen molar-refractivity contribution in [1.82, 2.24) is 35.2 Å². The molecule has 356 valence electrons. The van der Waals surface area contributed by atoms with Crippen molar-refractivity contribution < 1.29 is 38.1 Å². The van der Waals surface area contributed by atoms with Crippen molar-refractivity contribution in [2.24, 2.45) is 17.0 Å². The van der Waals surface area contributed by atoms with Crippen molar-refractivity contribution in [3.8, 4) is 22.8 Å². The third-order valence-electron chi connectivity index (χ3n) is 9.96. The molecular formula is C49H67N9O8. The number of nitrogens with zero attached hydrogens (tertiary/aromatic N) is 7. The van der Waals surface area contributed by atoms with Crippen molar-refractivity contribution >= 4 is 47.4 Å². The lowest BCUT2D eigenvalue weighted by atomic mass is 9.94. The van der Waals surface area contributed by atoms with Gasteiger partial charge in [-0.2, -0.15) is 0 Å². The molecule has 4 amide bonds. The van der Waals surface area contributed by atoms with Gasteiger partial charge in [-0.05, 0) is 155 Å². The maximum atomic E-state index is 12.7. The molecule has 1 aromatic heterocycles. The zero-order valence-corrected chi connectivity index (χ0v) is 41.3. The maximum absolute atomic E-state index is 12.7. The third kappa shape index (κ3) is 14.5. The highest BCUT2D eigenvalue weighted by Gasteiger charge is 2.28. The van der Waals surface area contributed by atoms with Gasteiger partial charge in [0.15, 0.2) is 11.6 Å². The summed E-state index contributed by atoms with van der Waals surface area (Å²) in [6, 6.07) is 12.5. The lowest BCUT2D eigenvalue weighted by Gasteiger charge is -2.30. The second-order valence-electron chi connectivity index (χ2n) is 20.4. The zero-order valence-electron chi connectivity index (χ0n) is 41.3. The smallest absolute Gasteiger partial charge is 0.437 e. The Bertz CT molecular complexity index is 2290. The number of rotatable bonds is 4. The molecule has 0 saturated heterocycles. The topological polar surface area (TPSA) is 191 Å². The Morgan fingerprint density at radius 2 is 0.909 bits per heavy atom. The number of guanidine groups is 2. The predicted molar refractivity (Wildman–Crippen MR) is 256 cm³/mol. The number of aromatic nitrogens is 3. The lowest BCUT2D eigenvalue weighted by Crippen LogP contribution is -2.48. The van der Waals surface area contributed by atoms with Crippen LogP contribution in [-0.2, 0) is 26.0 Å². The molecular weight excluding hydrogens is 843 g/mol. The van der Waals surface area contributed by atoms with Crippen molar-refractivity contribution in [3.63, 3.8) is 0 Å². The van der Waals surface area contributed by atoms with Crippen LogP contribution in [0, 0.1) is 13.8 Å². The second kappa shape index (κ2) is 19.9. The normalized spacial score (nSPS) is 15.4. The Morgan fingerprint density at radius 1 is 0.561 bits per heavy atom. The number of carbonyl (C=O) groups excluding carboxylic acids is 4. The van der Waals surface area contributed by atoms with Crippen molar-refractivity contribution in [1.29, 1.82) is 0 Å². The van der Waals surface area contributed by atoms with E-state index in [1.165, 1.54) is 0 Å². The Kier molecular flexibility index (Phi) is 15.2. The van der Waals surface area contributed by atoms with Crippen LogP contribution in [-0.4, -0.2) is 109 Å². The fraction of sp³-hybridized carbons (Fsp3) is 0.510. The van der Waals surface area contributed by atoms with Crippen LogP contribution in [0.5, 0.6) is 0 Å². The fourth-order valence-electron chi connectivity index (χ4n) is 7.26. The Balaban J connectivity index is 1.30. The van der Waals surface area contributed by atoms with Gasteiger partial charge in [-0.3, -0.25) is 10.6 Å². The summed E-state index contributed by atoms with van der Waals surface area (Å²) in [6.07, 6.45) is 2.36. The molecule has 2 aromatic carbocycles. The molecule has 17 heteroatoms. The summed E-state index contributed by atoms with van der Waals surface area (Å²) in [6.45, 7) is 27.0. The number of ether oxygens (including phenoxy) is 4. The molecule has 0 bridgehead atoms. The predicted octanol–water partition coefficient (Wildman–Crippen LogP) is 9.58. The number of aliphatic imine (C=N–C) groups is 2. The van der Waals surface area contributed by atoms with E-state index in [2.05, 4.69) is 81.1 Å². The van der Waals surface area contributed by atoms with Gasteiger partial charge < -0.3 is 33.3 Å². The first kappa shape index (κ1) is 50.5. The van der Waals surface area contributed by atoms with Crippen LogP contribution in [0.4, 0.5) is 19.2 Å². The van der Waals surface area contributed by atoms with Crippen molar-refractivity contribution in [3.05, 3.63) is 70.8 Å². The minimum absolute atomic E-state index is 0.0649. The molecule has 0 fully saturated rings. The van der Waals surface area contributed by atoms with Gasteiger partial charge in [0, 0.05) is 44.4 Å². The number of benzene rings is 2. The highest BCUT2D eigenvalue weighted by Crippen LogP contribution is 2.32. The van der Waals surface area contributed by atoms with Gasteiger partial charge in [0.2, 0.25) is 11.9 Å². The van der Waals surface area contributed by atoms with Crippen LogP contribution in [0.25, 0.3) is 33.9 Å². The van der Waals surface area contributed by atoms with E-state index < -0.39 is 46.8 Å². The van der Waals surface area contributed by atoms with E-state index in [0.717, 1.165) is 56.2 Å². The zero-order chi connectivity index (χ0) is 48.9. The molecule has 2 N–H and O–H groups in total. The third-order valence-corrected chi connectivity index (χ3v) is 9.96. The van der Waals surface area contributed by atoms with Crippen molar-refractivity contribution in [2.75, 3.05) is 26.2 Å². The fourth-order valence-corrected chi connectivity index (χ4v) is 7.26. The van der Waals surface area contributed by atoms with E-state index in [4.69, 9.17) is 18.9 Å². The Morgan fingerprint density at radius 3 is 1.20 bits per heavy atom. The van der Waals surface area contributed by atoms with Crippen molar-refractivity contribution in [2.45, 2.75) is 132 Å². The first-order valence-electron chi connectivity index (χ1n) is 22.2. The monoisotopic (exact) mass is 910 g/mol. The number of carbonyl (C=O) groups is 4. The molecule has 2 aliphatic rings. The first-order valence-corrected chi connectivity index (χ1v) is 22.2. The van der Waals surface area contributed by atoms with Gasteiger partial charge in [0.05, 0.1) is 0 Å². The molecule has 66 heavy (non-hydrogen) atoms. The SMILES string of the molecule is Cc1cc(-c2nnc(-c3ccc(C4=CCN(C(=NC(=O)OC(C)(C)C)NC(=O)OC(C)(C)C)CC4)c(C)c3)n2C)ccc1C1=CCN(C(=NC(=O)OC(C)(C)C)NC(=O)OC(C)(C)C)CC1. The van der Waals surface area contributed by atoms with E-state index in [1.807, 2.05) is 33.5 Å². The van der Waals surface area contributed by atoms with Crippen LogP contribution in [0.1, 0.15) is 118 Å². The number of hydrogen-bond acceptors (Lipinski definition) is 10. The van der Waals surface area contributed by atoms with E-state index in [-0.39, 0.29) is 11.9 Å². The van der Waals surface area contributed by atoms with Gasteiger partial charge in [-0.15, -0.1) is 20.2 Å². The highest BCUT2D eigenvalue weighted by atomic mass is 16.6. The highest BCUT2D eigenvalue weighted by molar-refractivity contribution is 6.00. The molecule has 0 saturated carbocycles. The maximum Gasteiger partial charge on any atom is 0.437 e. The van der Waals surface area contributed by atoms with E-state index in [1.54, 1.807) is 83.1 Å². The van der Waals surface area contributed by atoms with Crippen LogP contribution in [0.15, 0.2) is 58.5 Å². The van der Waals surface area contributed by atoms with E-state index in [0.29, 0.717) is 39.0 Å². The van der Waals surface area contributed by atoms with Crippen LogP contribution in [0.3, 0.4) is 0 Å². The quantitative estimate of drug-likeness (QED) is 0.143. The van der Waals surface area contributed by atoms with Gasteiger partial charge in [-0.25, -0.2) is 19.2 Å². The number of hydrogen-bond donors (Lipinski definition) is 2. The largest absolute Gasteiger partial charge is 0.444 e. The van der Waals surface area contributed by atoms with Crippen LogP contribution < -0.4 is 10.6 Å². The molecule has 3 aromatic rings. The summed E-state index contributed by atoms with van der Waals surface area (Å²) in [5.74, 6) is 1.57. The molecule has 3 heterocycles. The molecule has 0 unspecified atom stereocenters. The lowest BCUT2D eigenvalue weighted by molar-refractivity contribution is 0.0536. The molecule has 2 aliphatic heterocycles. The minimum atomic E-state index is -0.809. The molecule has 17 nitrogen and oxygen atoms in total. The van der Waals surface area contributed by atoms with Gasteiger partial charge in [0.1, 0.15) is 22.4 Å². The molecule has 5 rings (SSSR count). The van der Waals surface area contributed by atoms with Gasteiger partial charge in [-0.1, -0.05) is 36.4 Å². The molecule has 0 spiro atoms. The Hall–Kier alpha value is -6.52. The van der Waals surface area contributed by atoms with Gasteiger partial charge >= 0.3 is 24.4 Å². The number of aryl methyl sites for hydroxylation is 2. The van der Waals surface area contributed by atoms with Crippen LogP contribution in [0.2, 0.25) is 0 Å². The number of alkyl carbamates (subject to hydrolysis) is 2. The van der Waals surface area contributed by atoms with E-state index >= 15 is 0 Å². The van der Waals surface area contributed by atoms with E-state index in [9.17, 15) is 19.2 Å². The average Bonchev–Trinajstić information content (AvgIpc) is 3.55. The summed E-state index contributed by atoms with van der Waals surface area (Å²) >= 11 is 0. The first-order chi connectivity index (χ1) is 30.5. The molecule has 0 aliphatic carbocycles. The Labute approximate surface area is 388 Å². The van der Waals surface area contributed by atoms with Crippen LogP contribution >= 0.6 is 0 Å². The average molecular weight is 910 g/mol. The summed E-state index contributed by atoms with van der Waals surface area (Å²) in [7, 11) is 1.96. The summed E-state index contributed by atoms with van der Waals surface area (Å²) < 4.78 is 23.7. The molecule has 0 radical (unpaired) electrons.